The Morgan fingerprint density at radius 2 is 2.00 bits per heavy atom. The van der Waals surface area contributed by atoms with Gasteiger partial charge in [-0.15, -0.1) is 0 Å². The van der Waals surface area contributed by atoms with Gasteiger partial charge in [0.2, 0.25) is 0 Å². The summed E-state index contributed by atoms with van der Waals surface area (Å²) >= 11 is 0. The molecule has 0 aromatic rings. The van der Waals surface area contributed by atoms with E-state index in [4.69, 9.17) is 14.6 Å². The second-order valence-corrected chi connectivity index (χ2v) is 3.01. The lowest BCUT2D eigenvalue weighted by molar-refractivity contribution is -0.168. The van der Waals surface area contributed by atoms with Crippen molar-refractivity contribution >= 4 is 6.16 Å². The van der Waals surface area contributed by atoms with Gasteiger partial charge in [0.05, 0.1) is 0 Å². The van der Waals surface area contributed by atoms with Gasteiger partial charge in [0.25, 0.3) is 0 Å². The van der Waals surface area contributed by atoms with E-state index in [1.807, 2.05) is 13.8 Å². The monoisotopic (exact) mass is 206 g/mol. The zero-order chi connectivity index (χ0) is 11.1. The molecule has 5 heteroatoms. The predicted molar refractivity (Wildman–Crippen MR) is 50.2 cm³/mol. The summed E-state index contributed by atoms with van der Waals surface area (Å²) in [5, 5.41) is 8.41. The molecule has 0 aromatic heterocycles. The molecule has 0 saturated heterocycles. The summed E-state index contributed by atoms with van der Waals surface area (Å²) in [7, 11) is 1.52. The molecule has 0 rings (SSSR count). The molecule has 0 aliphatic rings. The first-order chi connectivity index (χ1) is 6.52. The summed E-state index contributed by atoms with van der Waals surface area (Å²) in [6, 6.07) is 0. The van der Waals surface area contributed by atoms with Gasteiger partial charge in [0, 0.05) is 19.6 Å². The van der Waals surface area contributed by atoms with Gasteiger partial charge in [-0.2, -0.15) is 0 Å². The lowest BCUT2D eigenvalue weighted by Gasteiger charge is -2.26. The van der Waals surface area contributed by atoms with E-state index in [0.29, 0.717) is 6.61 Å². The average Bonchev–Trinajstić information content (AvgIpc) is 2.12. The molecule has 0 aliphatic heterocycles. The van der Waals surface area contributed by atoms with Gasteiger partial charge in [0.15, 0.2) is 6.29 Å². The van der Waals surface area contributed by atoms with Crippen LogP contribution in [0.5, 0.6) is 0 Å². The number of carboxylic acid groups (broad SMARTS) is 1. The largest absolute Gasteiger partial charge is 0.506 e. The molecule has 0 aromatic carbocycles. The van der Waals surface area contributed by atoms with Crippen LogP contribution in [0, 0.1) is 5.92 Å². The maximum Gasteiger partial charge on any atom is 0.506 e. The van der Waals surface area contributed by atoms with Gasteiger partial charge in [0.1, 0.15) is 6.10 Å². The first-order valence-corrected chi connectivity index (χ1v) is 4.56. The third kappa shape index (κ3) is 4.43. The molecule has 1 N–H and O–H groups in total. The van der Waals surface area contributed by atoms with Gasteiger partial charge < -0.3 is 19.3 Å². The lowest BCUT2D eigenvalue weighted by Crippen LogP contribution is -2.34. The summed E-state index contributed by atoms with van der Waals surface area (Å²) in [5.41, 5.74) is 0. The van der Waals surface area contributed by atoms with Gasteiger partial charge in [-0.05, 0) is 13.8 Å². The number of carbonyl (C=O) groups is 1. The second-order valence-electron chi connectivity index (χ2n) is 3.01. The van der Waals surface area contributed by atoms with Crippen molar-refractivity contribution in [3.8, 4) is 0 Å². The van der Waals surface area contributed by atoms with Crippen LogP contribution >= 0.6 is 0 Å². The molecule has 0 radical (unpaired) electrons. The molecule has 0 fully saturated rings. The molecule has 0 saturated carbocycles. The third-order valence-corrected chi connectivity index (χ3v) is 2.02. The van der Waals surface area contributed by atoms with Crippen LogP contribution in [-0.2, 0) is 14.2 Å². The molecule has 0 spiro atoms. The molecule has 0 aliphatic carbocycles. The Morgan fingerprint density at radius 1 is 1.43 bits per heavy atom. The number of methoxy groups -OCH3 is 1. The molecule has 5 nitrogen and oxygen atoms in total. The van der Waals surface area contributed by atoms with Gasteiger partial charge >= 0.3 is 6.16 Å². The Bertz CT molecular complexity index is 171. The Balaban J connectivity index is 4.11. The van der Waals surface area contributed by atoms with Gasteiger partial charge in [-0.1, -0.05) is 6.92 Å². The van der Waals surface area contributed by atoms with Crippen LogP contribution in [-0.4, -0.2) is 37.4 Å². The molecule has 0 amide bonds. The van der Waals surface area contributed by atoms with Crippen molar-refractivity contribution in [2.24, 2.45) is 5.92 Å². The predicted octanol–water partition coefficient (Wildman–Crippen LogP) is 1.71. The quantitative estimate of drug-likeness (QED) is 0.529. The van der Waals surface area contributed by atoms with Crippen LogP contribution in [0.3, 0.4) is 0 Å². The minimum absolute atomic E-state index is 0.143. The van der Waals surface area contributed by atoms with Crippen molar-refractivity contribution in [2.75, 3.05) is 13.7 Å². The minimum atomic E-state index is -1.28. The summed E-state index contributed by atoms with van der Waals surface area (Å²) in [6.45, 7) is 5.85. The zero-order valence-electron chi connectivity index (χ0n) is 9.02. The van der Waals surface area contributed by atoms with E-state index in [1.165, 1.54) is 7.11 Å². The first kappa shape index (κ1) is 13.2. The van der Waals surface area contributed by atoms with Crippen molar-refractivity contribution in [3.63, 3.8) is 0 Å². The van der Waals surface area contributed by atoms with Crippen molar-refractivity contribution in [3.05, 3.63) is 0 Å². The van der Waals surface area contributed by atoms with Crippen LogP contribution in [0.25, 0.3) is 0 Å². The Hall–Kier alpha value is -0.810. The SMILES string of the molecule is CCOC(OC)C(C)C(C)OC(=O)O. The number of hydrogen-bond acceptors (Lipinski definition) is 4. The van der Waals surface area contributed by atoms with Crippen molar-refractivity contribution in [1.29, 1.82) is 0 Å². The first-order valence-electron chi connectivity index (χ1n) is 4.56. The fourth-order valence-electron chi connectivity index (χ4n) is 1.09. The molecule has 0 bridgehead atoms. The molecule has 84 valence electrons. The Kier molecular flexibility index (Phi) is 6.23. The van der Waals surface area contributed by atoms with Crippen LogP contribution in [0.4, 0.5) is 4.79 Å². The van der Waals surface area contributed by atoms with Crippen molar-refractivity contribution < 1.29 is 24.1 Å². The van der Waals surface area contributed by atoms with E-state index in [-0.39, 0.29) is 5.92 Å². The standard InChI is InChI=1S/C9H18O5/c1-5-13-8(12-4)6(2)7(3)14-9(10)11/h6-8H,5H2,1-4H3,(H,10,11). The summed E-state index contributed by atoms with van der Waals surface area (Å²) in [4.78, 5) is 10.3. The van der Waals surface area contributed by atoms with Crippen LogP contribution in [0.15, 0.2) is 0 Å². The van der Waals surface area contributed by atoms with Crippen LogP contribution in [0.1, 0.15) is 20.8 Å². The van der Waals surface area contributed by atoms with Crippen LogP contribution in [0.2, 0.25) is 0 Å². The highest BCUT2D eigenvalue weighted by Gasteiger charge is 2.25. The molecule has 14 heavy (non-hydrogen) atoms. The van der Waals surface area contributed by atoms with Crippen molar-refractivity contribution in [1.82, 2.24) is 0 Å². The second kappa shape index (κ2) is 6.62. The van der Waals surface area contributed by atoms with E-state index in [9.17, 15) is 4.79 Å². The van der Waals surface area contributed by atoms with E-state index in [2.05, 4.69) is 4.74 Å². The average molecular weight is 206 g/mol. The third-order valence-electron chi connectivity index (χ3n) is 2.02. The maximum atomic E-state index is 10.3. The number of ether oxygens (including phenoxy) is 3. The van der Waals surface area contributed by atoms with E-state index in [0.717, 1.165) is 0 Å². The van der Waals surface area contributed by atoms with E-state index >= 15 is 0 Å². The molecular formula is C9H18O5. The van der Waals surface area contributed by atoms with Crippen LogP contribution < -0.4 is 0 Å². The van der Waals surface area contributed by atoms with E-state index in [1.54, 1.807) is 6.92 Å². The van der Waals surface area contributed by atoms with Gasteiger partial charge in [-0.25, -0.2) is 4.79 Å². The molecular weight excluding hydrogens is 188 g/mol. The Morgan fingerprint density at radius 3 is 2.36 bits per heavy atom. The molecule has 3 atom stereocenters. The Labute approximate surface area is 84.0 Å². The van der Waals surface area contributed by atoms with Gasteiger partial charge in [-0.3, -0.25) is 0 Å². The summed E-state index contributed by atoms with van der Waals surface area (Å²) in [6.07, 6.45) is -2.17. The van der Waals surface area contributed by atoms with Crippen molar-refractivity contribution in [2.45, 2.75) is 33.2 Å². The fourth-order valence-corrected chi connectivity index (χ4v) is 1.09. The highest BCUT2D eigenvalue weighted by molar-refractivity contribution is 5.57. The number of hydrogen-bond donors (Lipinski definition) is 1. The topological polar surface area (TPSA) is 65.0 Å². The maximum absolute atomic E-state index is 10.3. The lowest BCUT2D eigenvalue weighted by atomic mass is 10.1. The molecule has 0 heterocycles. The smallest absolute Gasteiger partial charge is 0.450 e. The zero-order valence-corrected chi connectivity index (χ0v) is 9.02. The normalized spacial score (nSPS) is 17.1. The number of rotatable bonds is 6. The van der Waals surface area contributed by atoms with E-state index < -0.39 is 18.5 Å². The highest BCUT2D eigenvalue weighted by Crippen LogP contribution is 2.15. The fraction of sp³-hybridized carbons (Fsp3) is 0.889. The minimum Gasteiger partial charge on any atom is -0.450 e. The summed E-state index contributed by atoms with van der Waals surface area (Å²) in [5.74, 6) is -0.143. The highest BCUT2D eigenvalue weighted by atomic mass is 16.7. The summed E-state index contributed by atoms with van der Waals surface area (Å²) < 4.78 is 14.9. The molecule has 3 unspecified atom stereocenters.